The fraction of sp³-hybridized carbons (Fsp3) is 0.222. The number of carboxylic acids is 1. The average molecular weight is 402 g/mol. The average Bonchev–Trinajstić information content (AvgIpc) is 2.56. The summed E-state index contributed by atoms with van der Waals surface area (Å²) in [6.07, 6.45) is -0.303. The molecule has 8 heteroatoms. The number of rotatable bonds is 7. The van der Waals surface area contributed by atoms with Crippen molar-refractivity contribution in [2.24, 2.45) is 5.92 Å². The van der Waals surface area contributed by atoms with Gasteiger partial charge in [-0.25, -0.2) is 8.78 Å². The Morgan fingerprint density at radius 3 is 2.35 bits per heavy atom. The van der Waals surface area contributed by atoms with Crippen LogP contribution in [0, 0.1) is 17.6 Å². The fourth-order valence-corrected chi connectivity index (χ4v) is 2.88. The van der Waals surface area contributed by atoms with E-state index in [0.29, 0.717) is 6.07 Å². The molecule has 2 rings (SSSR count). The van der Waals surface area contributed by atoms with Gasteiger partial charge in [-0.1, -0.05) is 35.3 Å². The van der Waals surface area contributed by atoms with Gasteiger partial charge in [-0.3, -0.25) is 9.59 Å². The maximum absolute atomic E-state index is 13.7. The molecule has 0 aliphatic rings. The molecule has 0 fully saturated rings. The minimum Gasteiger partial charge on any atom is -0.481 e. The quantitative estimate of drug-likeness (QED) is 0.690. The molecule has 0 unspecified atom stereocenters. The van der Waals surface area contributed by atoms with Gasteiger partial charge in [0.05, 0.1) is 21.7 Å². The van der Waals surface area contributed by atoms with E-state index in [1.54, 1.807) is 18.2 Å². The Morgan fingerprint density at radius 1 is 1.12 bits per heavy atom. The van der Waals surface area contributed by atoms with Gasteiger partial charge in [0, 0.05) is 12.5 Å². The highest BCUT2D eigenvalue weighted by atomic mass is 35.5. The van der Waals surface area contributed by atoms with Gasteiger partial charge in [0.15, 0.2) is 0 Å². The second-order valence-corrected chi connectivity index (χ2v) is 6.47. The van der Waals surface area contributed by atoms with Gasteiger partial charge in [0.1, 0.15) is 11.6 Å². The predicted molar refractivity (Wildman–Crippen MR) is 95.5 cm³/mol. The lowest BCUT2D eigenvalue weighted by atomic mass is 9.94. The molecule has 2 aromatic rings. The fourth-order valence-electron chi connectivity index (χ4n) is 2.39. The molecule has 0 bridgehead atoms. The molecule has 4 nitrogen and oxygen atoms in total. The van der Waals surface area contributed by atoms with Crippen LogP contribution in [0.3, 0.4) is 0 Å². The van der Waals surface area contributed by atoms with Crippen LogP contribution in [-0.4, -0.2) is 17.0 Å². The van der Waals surface area contributed by atoms with Crippen molar-refractivity contribution in [2.45, 2.75) is 19.3 Å². The number of hydrogen-bond acceptors (Lipinski definition) is 2. The first kappa shape index (κ1) is 20.1. The van der Waals surface area contributed by atoms with Crippen molar-refractivity contribution in [3.8, 4) is 0 Å². The summed E-state index contributed by atoms with van der Waals surface area (Å²) < 4.78 is 26.6. The van der Waals surface area contributed by atoms with Crippen molar-refractivity contribution in [3.63, 3.8) is 0 Å². The van der Waals surface area contributed by atoms with E-state index in [1.165, 1.54) is 6.07 Å². The minimum absolute atomic E-state index is 0.0277. The lowest BCUT2D eigenvalue weighted by Gasteiger charge is -2.14. The highest BCUT2D eigenvalue weighted by Gasteiger charge is 2.21. The number of aliphatic carboxylic acids is 1. The van der Waals surface area contributed by atoms with E-state index >= 15 is 0 Å². The van der Waals surface area contributed by atoms with E-state index in [1.807, 2.05) is 0 Å². The SMILES string of the molecule is O=C(CC[C@@H](Cc1ccc(F)cc1F)C(=O)O)Nc1c(Cl)cccc1Cl. The minimum atomic E-state index is -1.17. The third kappa shape index (κ3) is 5.41. The molecule has 1 atom stereocenters. The normalized spacial score (nSPS) is 11.8. The molecule has 0 spiro atoms. The van der Waals surface area contributed by atoms with E-state index in [-0.39, 0.29) is 40.6 Å². The third-order valence-corrected chi connectivity index (χ3v) is 4.41. The smallest absolute Gasteiger partial charge is 0.306 e. The van der Waals surface area contributed by atoms with Crippen LogP contribution in [0.5, 0.6) is 0 Å². The van der Waals surface area contributed by atoms with Crippen LogP contribution in [0.1, 0.15) is 18.4 Å². The molecular weight excluding hydrogens is 387 g/mol. The van der Waals surface area contributed by atoms with E-state index in [9.17, 15) is 23.5 Å². The van der Waals surface area contributed by atoms with Crippen molar-refractivity contribution in [3.05, 3.63) is 63.6 Å². The highest BCUT2D eigenvalue weighted by Crippen LogP contribution is 2.30. The summed E-state index contributed by atoms with van der Waals surface area (Å²) in [6.45, 7) is 0. The van der Waals surface area contributed by atoms with Crippen molar-refractivity contribution in [2.75, 3.05) is 5.32 Å². The Bertz CT molecular complexity index is 810. The number of hydrogen-bond donors (Lipinski definition) is 2. The summed E-state index contributed by atoms with van der Waals surface area (Å²) in [5.74, 6) is -4.19. The Hall–Kier alpha value is -2.18. The number of para-hydroxylation sites is 1. The first-order valence-corrected chi connectivity index (χ1v) is 8.44. The number of halogens is 4. The molecule has 0 aliphatic heterocycles. The zero-order chi connectivity index (χ0) is 19.3. The molecule has 0 radical (unpaired) electrons. The molecule has 0 saturated heterocycles. The number of carboxylic acid groups (broad SMARTS) is 1. The summed E-state index contributed by atoms with van der Waals surface area (Å²) in [7, 11) is 0. The van der Waals surface area contributed by atoms with Crippen molar-refractivity contribution >= 4 is 40.8 Å². The first-order valence-electron chi connectivity index (χ1n) is 7.68. The number of carbonyl (C=O) groups excluding carboxylic acids is 1. The number of amides is 1. The van der Waals surface area contributed by atoms with E-state index in [0.717, 1.165) is 6.07 Å². The molecule has 138 valence electrons. The van der Waals surface area contributed by atoms with Crippen LogP contribution >= 0.6 is 23.2 Å². The van der Waals surface area contributed by atoms with Crippen LogP contribution in [0.15, 0.2) is 36.4 Å². The lowest BCUT2D eigenvalue weighted by Crippen LogP contribution is -2.20. The molecule has 0 aromatic heterocycles. The highest BCUT2D eigenvalue weighted by molar-refractivity contribution is 6.39. The van der Waals surface area contributed by atoms with Gasteiger partial charge in [-0.05, 0) is 36.6 Å². The summed E-state index contributed by atoms with van der Waals surface area (Å²) in [5.41, 5.74) is 0.325. The zero-order valence-corrected chi connectivity index (χ0v) is 15.0. The van der Waals surface area contributed by atoms with Gasteiger partial charge in [0.2, 0.25) is 5.91 Å². The predicted octanol–water partition coefficient (Wildman–Crippen LogP) is 4.93. The molecular formula is C18H15Cl2F2NO3. The monoisotopic (exact) mass is 401 g/mol. The summed E-state index contributed by atoms with van der Waals surface area (Å²) in [6, 6.07) is 7.69. The molecule has 0 heterocycles. The lowest BCUT2D eigenvalue weighted by molar-refractivity contribution is -0.142. The molecule has 2 N–H and O–H groups in total. The van der Waals surface area contributed by atoms with Gasteiger partial charge >= 0.3 is 5.97 Å². The van der Waals surface area contributed by atoms with Gasteiger partial charge < -0.3 is 10.4 Å². The maximum Gasteiger partial charge on any atom is 0.306 e. The van der Waals surface area contributed by atoms with Crippen LogP contribution < -0.4 is 5.32 Å². The summed E-state index contributed by atoms with van der Waals surface area (Å²) >= 11 is 11.9. The molecule has 1 amide bonds. The molecule has 0 aliphatic carbocycles. The number of nitrogens with one attached hydrogen (secondary N) is 1. The number of anilines is 1. The second-order valence-electron chi connectivity index (χ2n) is 5.66. The summed E-state index contributed by atoms with van der Waals surface area (Å²) in [5, 5.41) is 12.4. The van der Waals surface area contributed by atoms with Crippen molar-refractivity contribution in [1.29, 1.82) is 0 Å². The Balaban J connectivity index is 2.00. The Morgan fingerprint density at radius 2 is 1.77 bits per heavy atom. The molecule has 2 aromatic carbocycles. The van der Waals surface area contributed by atoms with Crippen LogP contribution in [0.4, 0.5) is 14.5 Å². The Labute approximate surface area is 158 Å². The number of benzene rings is 2. The van der Waals surface area contributed by atoms with Crippen LogP contribution in [-0.2, 0) is 16.0 Å². The molecule has 26 heavy (non-hydrogen) atoms. The largest absolute Gasteiger partial charge is 0.481 e. The van der Waals surface area contributed by atoms with E-state index in [4.69, 9.17) is 23.2 Å². The summed E-state index contributed by atoms with van der Waals surface area (Å²) in [4.78, 5) is 23.5. The van der Waals surface area contributed by atoms with Crippen LogP contribution in [0.2, 0.25) is 10.0 Å². The Kier molecular flexibility index (Phi) is 6.94. The van der Waals surface area contributed by atoms with Crippen molar-refractivity contribution < 1.29 is 23.5 Å². The van der Waals surface area contributed by atoms with Crippen LogP contribution in [0.25, 0.3) is 0 Å². The van der Waals surface area contributed by atoms with Gasteiger partial charge in [-0.2, -0.15) is 0 Å². The molecule has 0 saturated carbocycles. The van der Waals surface area contributed by atoms with Gasteiger partial charge in [-0.15, -0.1) is 0 Å². The second kappa shape index (κ2) is 8.96. The van der Waals surface area contributed by atoms with E-state index < -0.39 is 29.4 Å². The zero-order valence-electron chi connectivity index (χ0n) is 13.4. The first-order chi connectivity index (χ1) is 12.3. The van der Waals surface area contributed by atoms with E-state index in [2.05, 4.69) is 5.32 Å². The standard InChI is InChI=1S/C18H15Cl2F2NO3/c19-13-2-1-3-14(20)17(13)23-16(24)7-5-11(18(25)26)8-10-4-6-12(21)9-15(10)22/h1-4,6,9,11H,5,7-8H2,(H,23,24)(H,25,26)/t11-/m0/s1. The third-order valence-electron chi connectivity index (χ3n) is 3.78. The van der Waals surface area contributed by atoms with Crippen molar-refractivity contribution in [1.82, 2.24) is 0 Å². The topological polar surface area (TPSA) is 66.4 Å². The maximum atomic E-state index is 13.7. The van der Waals surface area contributed by atoms with Gasteiger partial charge in [0.25, 0.3) is 0 Å². The number of carbonyl (C=O) groups is 2.